The number of hydrogen-bond donors (Lipinski definition) is 2. The summed E-state index contributed by atoms with van der Waals surface area (Å²) in [5.41, 5.74) is 0. The van der Waals surface area contributed by atoms with Crippen molar-refractivity contribution in [3.63, 3.8) is 0 Å². The Morgan fingerprint density at radius 1 is 1.33 bits per heavy atom. The number of aromatic nitrogens is 3. The van der Waals surface area contributed by atoms with Crippen LogP contribution in [-0.2, 0) is 27.6 Å². The van der Waals surface area contributed by atoms with Crippen LogP contribution in [0.5, 0.6) is 5.75 Å². The van der Waals surface area contributed by atoms with Gasteiger partial charge < -0.3 is 14.6 Å². The standard InChI is InChI=1S/C17H24N4O4S2/c1-3-21-15(19-20-17(21)26)10-11-18-16(22)5-4-12-25-13-6-8-14(9-7-13)27(2,23)24/h6-9H,3-5,10-12H2,1-2H3,(H,18,22)(H,20,26). The summed E-state index contributed by atoms with van der Waals surface area (Å²) in [5.74, 6) is 1.34. The molecule has 0 aliphatic rings. The maximum Gasteiger partial charge on any atom is 0.220 e. The summed E-state index contributed by atoms with van der Waals surface area (Å²) in [6, 6.07) is 6.22. The fraction of sp³-hybridized carbons (Fsp3) is 0.471. The van der Waals surface area contributed by atoms with Crippen LogP contribution >= 0.6 is 12.2 Å². The molecule has 148 valence electrons. The van der Waals surface area contributed by atoms with Gasteiger partial charge in [-0.25, -0.2) is 8.42 Å². The number of carbonyl (C=O) groups is 1. The third-order valence-electron chi connectivity index (χ3n) is 3.89. The van der Waals surface area contributed by atoms with Gasteiger partial charge in [0.15, 0.2) is 14.6 Å². The molecule has 10 heteroatoms. The molecule has 0 spiro atoms. The van der Waals surface area contributed by atoms with E-state index in [-0.39, 0.29) is 10.8 Å². The maximum atomic E-state index is 11.9. The molecule has 27 heavy (non-hydrogen) atoms. The van der Waals surface area contributed by atoms with Gasteiger partial charge in [-0.15, -0.1) is 0 Å². The molecule has 0 unspecified atom stereocenters. The second-order valence-electron chi connectivity index (χ2n) is 5.98. The zero-order chi connectivity index (χ0) is 19.9. The van der Waals surface area contributed by atoms with Crippen molar-refractivity contribution in [2.45, 2.75) is 37.6 Å². The zero-order valence-corrected chi connectivity index (χ0v) is 17.0. The van der Waals surface area contributed by atoms with E-state index in [9.17, 15) is 13.2 Å². The molecular formula is C17H24N4O4S2. The average Bonchev–Trinajstić information content (AvgIpc) is 2.98. The van der Waals surface area contributed by atoms with Crippen LogP contribution in [0.4, 0.5) is 0 Å². The first-order valence-electron chi connectivity index (χ1n) is 8.65. The summed E-state index contributed by atoms with van der Waals surface area (Å²) >= 11 is 5.12. The minimum atomic E-state index is -3.21. The average molecular weight is 413 g/mol. The smallest absolute Gasteiger partial charge is 0.220 e. The van der Waals surface area contributed by atoms with Gasteiger partial charge >= 0.3 is 0 Å². The van der Waals surface area contributed by atoms with E-state index in [1.165, 1.54) is 12.1 Å². The number of aromatic amines is 1. The van der Waals surface area contributed by atoms with Crippen LogP contribution in [0.15, 0.2) is 29.2 Å². The first kappa shape index (κ1) is 21.1. The molecule has 0 fully saturated rings. The predicted octanol–water partition coefficient (Wildman–Crippen LogP) is 1.88. The van der Waals surface area contributed by atoms with E-state index in [4.69, 9.17) is 17.0 Å². The molecule has 2 N–H and O–H groups in total. The fourth-order valence-electron chi connectivity index (χ4n) is 2.48. The lowest BCUT2D eigenvalue weighted by Crippen LogP contribution is -2.26. The normalized spacial score (nSPS) is 11.3. The summed E-state index contributed by atoms with van der Waals surface area (Å²) < 4.78 is 30.8. The van der Waals surface area contributed by atoms with Crippen molar-refractivity contribution in [1.82, 2.24) is 20.1 Å². The highest BCUT2D eigenvalue weighted by Crippen LogP contribution is 2.16. The minimum Gasteiger partial charge on any atom is -0.494 e. The van der Waals surface area contributed by atoms with Gasteiger partial charge in [-0.05, 0) is 49.8 Å². The summed E-state index contributed by atoms with van der Waals surface area (Å²) in [6.07, 6.45) is 2.68. The van der Waals surface area contributed by atoms with Gasteiger partial charge in [0.25, 0.3) is 0 Å². The molecule has 2 rings (SSSR count). The van der Waals surface area contributed by atoms with Crippen LogP contribution in [0.25, 0.3) is 0 Å². The van der Waals surface area contributed by atoms with E-state index in [2.05, 4.69) is 15.5 Å². The van der Waals surface area contributed by atoms with Gasteiger partial charge in [0.05, 0.1) is 11.5 Å². The summed E-state index contributed by atoms with van der Waals surface area (Å²) in [6.45, 7) is 3.59. The Morgan fingerprint density at radius 3 is 2.67 bits per heavy atom. The van der Waals surface area contributed by atoms with Crippen LogP contribution in [0.2, 0.25) is 0 Å². The molecule has 8 nitrogen and oxygen atoms in total. The molecule has 2 aromatic rings. The lowest BCUT2D eigenvalue weighted by molar-refractivity contribution is -0.121. The first-order chi connectivity index (χ1) is 12.8. The molecular weight excluding hydrogens is 388 g/mol. The van der Waals surface area contributed by atoms with E-state index in [1.807, 2.05) is 11.5 Å². The Hall–Kier alpha value is -2.20. The molecule has 0 saturated carbocycles. The monoisotopic (exact) mass is 412 g/mol. The van der Waals surface area contributed by atoms with Gasteiger partial charge in [0, 0.05) is 32.2 Å². The number of amides is 1. The topological polar surface area (TPSA) is 106 Å². The van der Waals surface area contributed by atoms with E-state index < -0.39 is 9.84 Å². The van der Waals surface area contributed by atoms with Gasteiger partial charge in [0.1, 0.15) is 11.6 Å². The summed E-state index contributed by atoms with van der Waals surface area (Å²) in [7, 11) is -3.21. The highest BCUT2D eigenvalue weighted by Gasteiger charge is 2.08. The molecule has 0 atom stereocenters. The van der Waals surface area contributed by atoms with Crippen LogP contribution in [0.1, 0.15) is 25.6 Å². The van der Waals surface area contributed by atoms with Gasteiger partial charge in [-0.1, -0.05) is 0 Å². The molecule has 0 saturated heterocycles. The fourth-order valence-corrected chi connectivity index (χ4v) is 3.39. The number of nitrogens with zero attached hydrogens (tertiary/aromatic N) is 2. The SMILES string of the molecule is CCn1c(CCNC(=O)CCCOc2ccc(S(C)(=O)=O)cc2)n[nH]c1=S. The number of carbonyl (C=O) groups excluding carboxylic acids is 1. The number of benzene rings is 1. The van der Waals surface area contributed by atoms with Crippen molar-refractivity contribution in [3.05, 3.63) is 34.9 Å². The van der Waals surface area contributed by atoms with Crippen molar-refractivity contribution in [1.29, 1.82) is 0 Å². The molecule has 0 bridgehead atoms. The van der Waals surface area contributed by atoms with Crippen LogP contribution in [0.3, 0.4) is 0 Å². The minimum absolute atomic E-state index is 0.0526. The quantitative estimate of drug-likeness (QED) is 0.456. The van der Waals surface area contributed by atoms with E-state index in [0.717, 1.165) is 18.6 Å². The molecule has 0 aliphatic carbocycles. The number of rotatable bonds is 10. The van der Waals surface area contributed by atoms with Crippen LogP contribution < -0.4 is 10.1 Å². The number of sulfone groups is 1. The first-order valence-corrected chi connectivity index (χ1v) is 10.9. The lowest BCUT2D eigenvalue weighted by Gasteiger charge is -2.08. The number of nitrogens with one attached hydrogen (secondary N) is 2. The Morgan fingerprint density at radius 2 is 2.04 bits per heavy atom. The molecule has 0 radical (unpaired) electrons. The van der Waals surface area contributed by atoms with E-state index in [0.29, 0.717) is 42.9 Å². The Balaban J connectivity index is 1.65. The molecule has 1 heterocycles. The van der Waals surface area contributed by atoms with Crippen LogP contribution in [-0.4, -0.2) is 48.5 Å². The Bertz CT molecular complexity index is 917. The van der Waals surface area contributed by atoms with Gasteiger partial charge in [-0.2, -0.15) is 5.10 Å². The zero-order valence-electron chi connectivity index (χ0n) is 15.4. The Kier molecular flexibility index (Phi) is 7.55. The van der Waals surface area contributed by atoms with Crippen molar-refractivity contribution in [3.8, 4) is 5.75 Å². The molecule has 1 aromatic heterocycles. The van der Waals surface area contributed by atoms with Crippen LogP contribution in [0, 0.1) is 4.77 Å². The predicted molar refractivity (Wildman–Crippen MR) is 104 cm³/mol. The van der Waals surface area contributed by atoms with Crippen molar-refractivity contribution >= 4 is 28.0 Å². The second-order valence-corrected chi connectivity index (χ2v) is 8.39. The number of H-pyrrole nitrogens is 1. The summed E-state index contributed by atoms with van der Waals surface area (Å²) in [5, 5.41) is 9.75. The second kappa shape index (κ2) is 9.65. The largest absolute Gasteiger partial charge is 0.494 e. The molecule has 1 amide bonds. The van der Waals surface area contributed by atoms with Crippen molar-refractivity contribution in [2.75, 3.05) is 19.4 Å². The Labute approximate surface area is 163 Å². The molecule has 1 aromatic carbocycles. The lowest BCUT2D eigenvalue weighted by atomic mass is 10.3. The highest BCUT2D eigenvalue weighted by atomic mass is 32.2. The van der Waals surface area contributed by atoms with Gasteiger partial charge in [0.2, 0.25) is 5.91 Å². The maximum absolute atomic E-state index is 11.9. The van der Waals surface area contributed by atoms with Crippen molar-refractivity contribution in [2.24, 2.45) is 0 Å². The third-order valence-corrected chi connectivity index (χ3v) is 5.33. The summed E-state index contributed by atoms with van der Waals surface area (Å²) in [4.78, 5) is 12.1. The highest BCUT2D eigenvalue weighted by molar-refractivity contribution is 7.90. The van der Waals surface area contributed by atoms with E-state index >= 15 is 0 Å². The molecule has 0 aliphatic heterocycles. The van der Waals surface area contributed by atoms with E-state index in [1.54, 1.807) is 12.1 Å². The number of hydrogen-bond acceptors (Lipinski definition) is 6. The third kappa shape index (κ3) is 6.47. The van der Waals surface area contributed by atoms with Gasteiger partial charge in [-0.3, -0.25) is 9.89 Å². The number of ether oxygens (including phenoxy) is 1. The van der Waals surface area contributed by atoms with Crippen molar-refractivity contribution < 1.29 is 17.9 Å².